The van der Waals surface area contributed by atoms with Crippen LogP contribution in [0.25, 0.3) is 0 Å². The monoisotopic (exact) mass is 970 g/mol. The predicted molar refractivity (Wildman–Crippen MR) is 260 cm³/mol. The van der Waals surface area contributed by atoms with E-state index in [0.717, 1.165) is 51.4 Å². The topological polar surface area (TPSA) is 225 Å². The summed E-state index contributed by atoms with van der Waals surface area (Å²) >= 11 is 0. The first-order valence-corrected chi connectivity index (χ1v) is 26.2. The second-order valence-corrected chi connectivity index (χ2v) is 18.0. The number of aliphatic hydroxyl groups is 3. The second-order valence-electron chi connectivity index (χ2n) is 15.0. The second kappa shape index (κ2) is 44.2. The minimum Gasteiger partial charge on any atom is -0.463 e. The Labute approximate surface area is 394 Å². The van der Waals surface area contributed by atoms with E-state index >= 15 is 0 Å². The van der Waals surface area contributed by atoms with Crippen LogP contribution >= 0.6 is 15.6 Å². The van der Waals surface area contributed by atoms with Crippen LogP contribution in [0.1, 0.15) is 129 Å². The van der Waals surface area contributed by atoms with Crippen molar-refractivity contribution >= 4 is 27.6 Å². The maximum absolute atomic E-state index is 12.1. The molecule has 0 aromatic carbocycles. The van der Waals surface area contributed by atoms with Gasteiger partial charge in [0.25, 0.3) is 0 Å². The molecule has 0 heterocycles. The molecule has 0 saturated carbocycles. The normalized spacial score (nSPS) is 16.0. The standard InChI is InChI=1S/C49H80O15P2/c1-3-5-7-9-11-13-15-17-18-19-20-21-22-23-24-26-28-30-32-34-36-38-49(54)60-40-46(51)42-62-66(57,58)64-44-47(52)43-63-65(55,56)61-41-45(50)39-59-48(53)37-35-33-31-29-27-25-16-14-12-10-8-6-4-2/h5,7,11,13,17-18,20-21,23-25,27-28,30-31,33-34,36,45-47,50-52H,3-4,6,8-10,12,14-16,19,22,26,29,32,35,37-44H2,1-2H3,(H,55,56)(H,57,58)/b7-5-,13-11-,18-17-,21-20-,24-23-,27-25-,30-28-,33-31+,36-34-. The molecule has 5 N–H and O–H groups in total. The van der Waals surface area contributed by atoms with Crippen LogP contribution in [0.2, 0.25) is 0 Å². The van der Waals surface area contributed by atoms with Crippen LogP contribution in [0.5, 0.6) is 0 Å². The highest BCUT2D eigenvalue weighted by Gasteiger charge is 2.28. The maximum Gasteiger partial charge on any atom is 0.472 e. The summed E-state index contributed by atoms with van der Waals surface area (Å²) in [6.45, 7) is 0.0665. The molecule has 0 amide bonds. The first-order chi connectivity index (χ1) is 31.8. The molecular formula is C49H80O15P2. The lowest BCUT2D eigenvalue weighted by molar-refractivity contribution is -0.147. The number of rotatable bonds is 43. The van der Waals surface area contributed by atoms with Crippen molar-refractivity contribution in [3.63, 3.8) is 0 Å². The van der Waals surface area contributed by atoms with Gasteiger partial charge in [-0.25, -0.2) is 9.13 Å². The van der Waals surface area contributed by atoms with Crippen molar-refractivity contribution in [2.45, 2.75) is 148 Å². The largest absolute Gasteiger partial charge is 0.472 e. The molecule has 0 aromatic rings. The van der Waals surface area contributed by atoms with Gasteiger partial charge < -0.3 is 34.6 Å². The molecule has 0 radical (unpaired) electrons. The molecule has 0 saturated heterocycles. The van der Waals surface area contributed by atoms with Crippen LogP contribution in [-0.4, -0.2) is 95.0 Å². The van der Waals surface area contributed by atoms with E-state index in [-0.39, 0.29) is 12.8 Å². The number of aliphatic hydroxyl groups excluding tert-OH is 3. The molecule has 17 heteroatoms. The van der Waals surface area contributed by atoms with E-state index < -0.39 is 85.5 Å². The average Bonchev–Trinajstić information content (AvgIpc) is 3.29. The van der Waals surface area contributed by atoms with E-state index in [1.54, 1.807) is 12.2 Å². The lowest BCUT2D eigenvalue weighted by Gasteiger charge is -2.19. The fraction of sp³-hybridized carbons (Fsp3) is 0.592. The zero-order valence-corrected chi connectivity index (χ0v) is 41.1. The first kappa shape index (κ1) is 62.7. The molecule has 66 heavy (non-hydrogen) atoms. The van der Waals surface area contributed by atoms with Gasteiger partial charge in [0, 0.05) is 6.42 Å². The van der Waals surface area contributed by atoms with Gasteiger partial charge in [-0.05, 0) is 70.6 Å². The summed E-state index contributed by atoms with van der Waals surface area (Å²) in [4.78, 5) is 43.6. The fourth-order valence-electron chi connectivity index (χ4n) is 5.17. The lowest BCUT2D eigenvalue weighted by Crippen LogP contribution is -2.25. The number of unbranched alkanes of at least 4 members (excludes halogenated alkanes) is 6. The third-order valence-corrected chi connectivity index (χ3v) is 10.7. The number of esters is 2. The summed E-state index contributed by atoms with van der Waals surface area (Å²) in [6, 6.07) is 0. The molecule has 15 nitrogen and oxygen atoms in total. The van der Waals surface area contributed by atoms with Crippen LogP contribution < -0.4 is 0 Å². The third kappa shape index (κ3) is 45.8. The minimum absolute atomic E-state index is 0.0457. The summed E-state index contributed by atoms with van der Waals surface area (Å²) in [5.41, 5.74) is 0. The van der Waals surface area contributed by atoms with Gasteiger partial charge in [0.15, 0.2) is 0 Å². The Balaban J connectivity index is 4.06. The molecule has 0 fully saturated rings. The van der Waals surface area contributed by atoms with Gasteiger partial charge in [0.2, 0.25) is 0 Å². The minimum atomic E-state index is -4.82. The van der Waals surface area contributed by atoms with E-state index in [4.69, 9.17) is 9.47 Å². The highest BCUT2D eigenvalue weighted by molar-refractivity contribution is 7.47. The summed E-state index contributed by atoms with van der Waals surface area (Å²) in [7, 11) is -9.62. The zero-order valence-electron chi connectivity index (χ0n) is 39.3. The van der Waals surface area contributed by atoms with E-state index in [0.29, 0.717) is 12.8 Å². The molecule has 0 aliphatic carbocycles. The number of phosphoric ester groups is 2. The Bertz CT molecular complexity index is 1600. The van der Waals surface area contributed by atoms with Gasteiger partial charge in [0.05, 0.1) is 32.8 Å². The Morgan fingerprint density at radius 3 is 1.18 bits per heavy atom. The van der Waals surface area contributed by atoms with Crippen LogP contribution in [0.3, 0.4) is 0 Å². The van der Waals surface area contributed by atoms with Crippen molar-refractivity contribution in [1.29, 1.82) is 0 Å². The maximum atomic E-state index is 12.1. The highest BCUT2D eigenvalue weighted by atomic mass is 31.2. The Hall–Kier alpha value is -3.30. The Morgan fingerprint density at radius 2 is 0.758 bits per heavy atom. The van der Waals surface area contributed by atoms with Crippen molar-refractivity contribution in [1.82, 2.24) is 0 Å². The molecule has 0 aliphatic rings. The molecule has 0 bridgehead atoms. The van der Waals surface area contributed by atoms with Crippen LogP contribution in [0, 0.1) is 0 Å². The van der Waals surface area contributed by atoms with Crippen molar-refractivity contribution in [3.8, 4) is 0 Å². The van der Waals surface area contributed by atoms with E-state index in [1.807, 2.05) is 24.3 Å². The molecule has 0 aliphatic heterocycles. The average molecular weight is 971 g/mol. The van der Waals surface area contributed by atoms with E-state index in [9.17, 15) is 43.8 Å². The molecule has 5 atom stereocenters. The van der Waals surface area contributed by atoms with Gasteiger partial charge in [-0.15, -0.1) is 0 Å². The van der Waals surface area contributed by atoms with Crippen molar-refractivity contribution in [3.05, 3.63) is 109 Å². The van der Waals surface area contributed by atoms with Crippen LogP contribution in [-0.2, 0) is 46.3 Å². The molecule has 0 spiro atoms. The number of phosphoric acid groups is 2. The number of allylic oxidation sites excluding steroid dienone is 17. The number of hydrogen-bond acceptors (Lipinski definition) is 13. The summed E-state index contributed by atoms with van der Waals surface area (Å²) in [5.74, 6) is -1.20. The zero-order chi connectivity index (χ0) is 48.8. The predicted octanol–water partition coefficient (Wildman–Crippen LogP) is 10.5. The lowest BCUT2D eigenvalue weighted by atomic mass is 10.1. The van der Waals surface area contributed by atoms with Crippen molar-refractivity contribution in [2.24, 2.45) is 0 Å². The van der Waals surface area contributed by atoms with Gasteiger partial charge in [-0.3, -0.25) is 27.7 Å². The van der Waals surface area contributed by atoms with Gasteiger partial charge in [-0.1, -0.05) is 155 Å². The van der Waals surface area contributed by atoms with E-state index in [1.165, 1.54) is 38.5 Å². The summed E-state index contributed by atoms with van der Waals surface area (Å²) in [6.07, 6.45) is 48.4. The first-order valence-electron chi connectivity index (χ1n) is 23.2. The molecule has 0 rings (SSSR count). The van der Waals surface area contributed by atoms with Gasteiger partial charge in [-0.2, -0.15) is 0 Å². The van der Waals surface area contributed by atoms with Crippen molar-refractivity contribution in [2.75, 3.05) is 39.6 Å². The third-order valence-electron chi connectivity index (χ3n) is 8.76. The van der Waals surface area contributed by atoms with Gasteiger partial charge >= 0.3 is 27.6 Å². The smallest absolute Gasteiger partial charge is 0.463 e. The quantitative estimate of drug-likeness (QED) is 0.0166. The van der Waals surface area contributed by atoms with Crippen LogP contribution in [0.15, 0.2) is 109 Å². The van der Waals surface area contributed by atoms with Crippen LogP contribution in [0.4, 0.5) is 0 Å². The van der Waals surface area contributed by atoms with E-state index in [2.05, 4.69) is 105 Å². The number of hydrogen-bond donors (Lipinski definition) is 5. The number of carbonyl (C=O) groups excluding carboxylic acids is 2. The highest BCUT2D eigenvalue weighted by Crippen LogP contribution is 2.45. The molecular weight excluding hydrogens is 890 g/mol. The summed E-state index contributed by atoms with van der Waals surface area (Å²) < 4.78 is 52.7. The summed E-state index contributed by atoms with van der Waals surface area (Å²) in [5, 5.41) is 29.9. The van der Waals surface area contributed by atoms with Gasteiger partial charge in [0.1, 0.15) is 31.5 Å². The molecule has 0 aromatic heterocycles. The SMILES string of the molecule is CC/C=C\C/C=C\C/C=C\C/C=C\C/C=C\C/C=C\C/C=C\CC(=O)OCC(O)COP(=O)(O)OCC(O)COP(=O)(O)OCC(O)COC(=O)CC/C=C/C/C=C\CCCCCCCC. The number of ether oxygens (including phenoxy) is 2. The molecule has 376 valence electrons. The Morgan fingerprint density at radius 1 is 0.424 bits per heavy atom. The fourth-order valence-corrected chi connectivity index (χ4v) is 6.76. The Kier molecular flexibility index (Phi) is 42.0. The molecule has 5 unspecified atom stereocenters. The van der Waals surface area contributed by atoms with Crippen molar-refractivity contribution < 1.29 is 71.4 Å². The number of carbonyl (C=O) groups is 2.